The highest BCUT2D eigenvalue weighted by Crippen LogP contribution is 2.31. The number of piperazine rings is 1. The van der Waals surface area contributed by atoms with Gasteiger partial charge < -0.3 is 0 Å². The molecule has 1 unspecified atom stereocenters. The van der Waals surface area contributed by atoms with Gasteiger partial charge in [0, 0.05) is 38.8 Å². The number of hydrogen-bond acceptors (Lipinski definition) is 3. The van der Waals surface area contributed by atoms with E-state index in [1.807, 2.05) is 16.7 Å². The zero-order chi connectivity index (χ0) is 14.0. The molecule has 0 saturated carbocycles. The molecule has 2 heterocycles. The Bertz CT molecular complexity index is 288. The average Bonchev–Trinajstić information content (AvgIpc) is 2.37. The van der Waals surface area contributed by atoms with Crippen LogP contribution in [0, 0.1) is 0 Å². The quantitative estimate of drug-likeness (QED) is 0.777. The van der Waals surface area contributed by atoms with Crippen molar-refractivity contribution in [2.45, 2.75) is 45.2 Å². The maximum atomic E-state index is 14.2. The van der Waals surface area contributed by atoms with Crippen molar-refractivity contribution >= 4 is 0 Å². The van der Waals surface area contributed by atoms with Gasteiger partial charge in [0.2, 0.25) is 0 Å². The zero-order valence-corrected chi connectivity index (χ0v) is 12.4. The van der Waals surface area contributed by atoms with Crippen LogP contribution in [0.15, 0.2) is 0 Å². The molecule has 0 aromatic heterocycles. The monoisotopic (exact) mass is 275 g/mol. The van der Waals surface area contributed by atoms with Gasteiger partial charge in [0.1, 0.15) is 0 Å². The van der Waals surface area contributed by atoms with E-state index in [0.717, 1.165) is 39.3 Å². The highest BCUT2D eigenvalue weighted by Gasteiger charge is 2.47. The molecular weight excluding hydrogens is 248 g/mol. The molecule has 2 aliphatic heterocycles. The molecule has 3 nitrogen and oxygen atoms in total. The first-order valence-corrected chi connectivity index (χ1v) is 7.52. The minimum atomic E-state index is -2.56. The molecule has 112 valence electrons. The third-order valence-electron chi connectivity index (χ3n) is 4.61. The average molecular weight is 275 g/mol. The van der Waals surface area contributed by atoms with Gasteiger partial charge in [0.15, 0.2) is 0 Å². The van der Waals surface area contributed by atoms with Crippen LogP contribution in [0.5, 0.6) is 0 Å². The molecule has 0 spiro atoms. The van der Waals surface area contributed by atoms with E-state index >= 15 is 0 Å². The molecule has 0 aromatic carbocycles. The highest BCUT2D eigenvalue weighted by molar-refractivity contribution is 4.94. The maximum Gasteiger partial charge on any atom is 0.275 e. The highest BCUT2D eigenvalue weighted by atomic mass is 19.3. The molecule has 0 bridgehead atoms. The first-order chi connectivity index (χ1) is 8.94. The molecule has 2 rings (SSSR count). The van der Waals surface area contributed by atoms with E-state index in [1.165, 1.54) is 0 Å². The summed E-state index contributed by atoms with van der Waals surface area (Å²) in [5.41, 5.74) is 0. The lowest BCUT2D eigenvalue weighted by molar-refractivity contribution is -0.133. The third kappa shape index (κ3) is 3.44. The van der Waals surface area contributed by atoms with Gasteiger partial charge >= 0.3 is 0 Å². The summed E-state index contributed by atoms with van der Waals surface area (Å²) in [6, 6.07) is -0.0331. The Morgan fingerprint density at radius 3 is 2.21 bits per heavy atom. The summed E-state index contributed by atoms with van der Waals surface area (Å²) in [5.74, 6) is -2.56. The van der Waals surface area contributed by atoms with E-state index in [0.29, 0.717) is 12.5 Å². The van der Waals surface area contributed by atoms with E-state index in [-0.39, 0.29) is 6.54 Å². The Morgan fingerprint density at radius 2 is 1.74 bits per heavy atom. The summed E-state index contributed by atoms with van der Waals surface area (Å²) < 4.78 is 28.5. The molecule has 2 saturated heterocycles. The lowest BCUT2D eigenvalue weighted by Gasteiger charge is -2.46. The van der Waals surface area contributed by atoms with Gasteiger partial charge in [-0.25, -0.2) is 8.78 Å². The number of rotatable bonds is 3. The van der Waals surface area contributed by atoms with Crippen LogP contribution in [-0.2, 0) is 0 Å². The fraction of sp³-hybridized carbons (Fsp3) is 1.00. The van der Waals surface area contributed by atoms with Crippen molar-refractivity contribution in [2.75, 3.05) is 45.8 Å². The van der Waals surface area contributed by atoms with Crippen LogP contribution < -0.4 is 0 Å². The summed E-state index contributed by atoms with van der Waals surface area (Å²) in [6.45, 7) is 11.2. The van der Waals surface area contributed by atoms with Crippen molar-refractivity contribution in [2.24, 2.45) is 0 Å². The molecule has 0 aliphatic carbocycles. The third-order valence-corrected chi connectivity index (χ3v) is 4.61. The van der Waals surface area contributed by atoms with Gasteiger partial charge in [0.05, 0.1) is 12.6 Å². The largest absolute Gasteiger partial charge is 0.298 e. The molecule has 5 heteroatoms. The summed E-state index contributed by atoms with van der Waals surface area (Å²) in [4.78, 5) is 6.25. The molecule has 2 aliphatic rings. The van der Waals surface area contributed by atoms with E-state index in [4.69, 9.17) is 0 Å². The number of halogens is 2. The SMILES string of the molecule is CCN1CCC(N2CCN(C(C)C)CC2)C(F)(F)C1. The van der Waals surface area contributed by atoms with E-state index in [2.05, 4.69) is 18.7 Å². The van der Waals surface area contributed by atoms with Crippen LogP contribution in [0.25, 0.3) is 0 Å². The van der Waals surface area contributed by atoms with Crippen LogP contribution in [0.2, 0.25) is 0 Å². The normalized spacial score (nSPS) is 30.9. The topological polar surface area (TPSA) is 9.72 Å². The summed E-state index contributed by atoms with van der Waals surface area (Å²) in [5, 5.41) is 0. The molecule has 0 aromatic rings. The molecule has 0 N–H and O–H groups in total. The van der Waals surface area contributed by atoms with Crippen LogP contribution in [-0.4, -0.2) is 78.5 Å². The molecule has 2 fully saturated rings. The number of likely N-dealkylation sites (tertiary alicyclic amines) is 1. The summed E-state index contributed by atoms with van der Waals surface area (Å²) in [6.07, 6.45) is 0.600. The number of alkyl halides is 2. The second-order valence-electron chi connectivity index (χ2n) is 6.10. The van der Waals surface area contributed by atoms with E-state index < -0.39 is 12.0 Å². The Morgan fingerprint density at radius 1 is 1.11 bits per heavy atom. The molecule has 19 heavy (non-hydrogen) atoms. The Labute approximate surface area is 115 Å². The van der Waals surface area contributed by atoms with Crippen molar-refractivity contribution in [3.63, 3.8) is 0 Å². The Hall–Kier alpha value is -0.260. The minimum absolute atomic E-state index is 0.0709. The van der Waals surface area contributed by atoms with Gasteiger partial charge in [-0.15, -0.1) is 0 Å². The standard InChI is InChI=1S/C14H27F2N3/c1-4-17-6-5-13(14(15,16)11-17)19-9-7-18(8-10-19)12(2)3/h12-13H,4-11H2,1-3H3. The van der Waals surface area contributed by atoms with Crippen molar-refractivity contribution < 1.29 is 8.78 Å². The second kappa shape index (κ2) is 6.02. The second-order valence-corrected chi connectivity index (χ2v) is 6.10. The van der Waals surface area contributed by atoms with Crippen molar-refractivity contribution in [3.8, 4) is 0 Å². The molecule has 0 radical (unpaired) electrons. The molecule has 0 amide bonds. The molecular formula is C14H27F2N3. The van der Waals surface area contributed by atoms with E-state index in [1.54, 1.807) is 0 Å². The van der Waals surface area contributed by atoms with E-state index in [9.17, 15) is 8.78 Å². The van der Waals surface area contributed by atoms with Crippen LogP contribution in [0.4, 0.5) is 8.78 Å². The van der Waals surface area contributed by atoms with Gasteiger partial charge in [-0.3, -0.25) is 14.7 Å². The maximum absolute atomic E-state index is 14.2. The van der Waals surface area contributed by atoms with Crippen molar-refractivity contribution in [1.82, 2.24) is 14.7 Å². The molecule has 1 atom stereocenters. The van der Waals surface area contributed by atoms with Gasteiger partial charge in [-0.1, -0.05) is 6.92 Å². The van der Waals surface area contributed by atoms with Gasteiger partial charge in [-0.2, -0.15) is 0 Å². The van der Waals surface area contributed by atoms with Crippen LogP contribution in [0.3, 0.4) is 0 Å². The van der Waals surface area contributed by atoms with Crippen molar-refractivity contribution in [3.05, 3.63) is 0 Å². The Kier molecular flexibility index (Phi) is 4.79. The Balaban J connectivity index is 1.92. The first-order valence-electron chi connectivity index (χ1n) is 7.52. The van der Waals surface area contributed by atoms with Crippen LogP contribution >= 0.6 is 0 Å². The smallest absolute Gasteiger partial charge is 0.275 e. The number of nitrogens with zero attached hydrogens (tertiary/aromatic N) is 3. The fourth-order valence-electron chi connectivity index (χ4n) is 3.28. The predicted octanol–water partition coefficient (Wildman–Crippen LogP) is 1.74. The summed E-state index contributed by atoms with van der Waals surface area (Å²) in [7, 11) is 0. The number of hydrogen-bond donors (Lipinski definition) is 0. The summed E-state index contributed by atoms with van der Waals surface area (Å²) >= 11 is 0. The predicted molar refractivity (Wildman–Crippen MR) is 73.7 cm³/mol. The zero-order valence-electron chi connectivity index (χ0n) is 12.4. The first kappa shape index (κ1) is 15.1. The van der Waals surface area contributed by atoms with Crippen LogP contribution in [0.1, 0.15) is 27.2 Å². The minimum Gasteiger partial charge on any atom is -0.298 e. The van der Waals surface area contributed by atoms with Gasteiger partial charge in [0.25, 0.3) is 5.92 Å². The fourth-order valence-corrected chi connectivity index (χ4v) is 3.28. The number of piperidine rings is 1. The lowest BCUT2D eigenvalue weighted by Crippen LogP contribution is -2.62. The van der Waals surface area contributed by atoms with Crippen molar-refractivity contribution in [1.29, 1.82) is 0 Å². The van der Waals surface area contributed by atoms with Gasteiger partial charge in [-0.05, 0) is 26.8 Å². The lowest BCUT2D eigenvalue weighted by atomic mass is 9.98.